The van der Waals surface area contributed by atoms with Gasteiger partial charge < -0.3 is 16.3 Å². The summed E-state index contributed by atoms with van der Waals surface area (Å²) in [6.45, 7) is 1.84. The Bertz CT molecular complexity index is 339. The van der Waals surface area contributed by atoms with Gasteiger partial charge in [0.05, 0.1) is 5.69 Å². The molecule has 1 aromatic carbocycles. The van der Waals surface area contributed by atoms with E-state index < -0.39 is 0 Å². The van der Waals surface area contributed by atoms with Crippen LogP contribution in [0, 0.1) is 0 Å². The molecule has 1 aromatic rings. The zero-order valence-electron chi connectivity index (χ0n) is 7.97. The number of nitrogens with zero attached hydrogens (tertiary/aromatic N) is 1. The van der Waals surface area contributed by atoms with Crippen LogP contribution in [-0.2, 0) is 4.79 Å². The van der Waals surface area contributed by atoms with Crippen molar-refractivity contribution in [2.24, 2.45) is 16.5 Å². The minimum atomic E-state index is -0.0942. The smallest absolute Gasteiger partial charge is 0.191 e. The quantitative estimate of drug-likeness (QED) is 0.423. The second-order valence-electron chi connectivity index (χ2n) is 3.05. The van der Waals surface area contributed by atoms with Crippen molar-refractivity contribution in [3.63, 3.8) is 0 Å². The molecule has 0 aliphatic carbocycles. The third-order valence-corrected chi connectivity index (χ3v) is 1.88. The molecule has 0 aromatic heterocycles. The van der Waals surface area contributed by atoms with Crippen LogP contribution in [0.1, 0.15) is 18.4 Å². The van der Waals surface area contributed by atoms with Gasteiger partial charge in [-0.15, -0.1) is 0 Å². The van der Waals surface area contributed by atoms with Gasteiger partial charge in [0.1, 0.15) is 6.29 Å². The lowest BCUT2D eigenvalue weighted by Crippen LogP contribution is -2.21. The molecule has 0 heterocycles. The van der Waals surface area contributed by atoms with Gasteiger partial charge in [-0.25, -0.2) is 4.99 Å². The maximum Gasteiger partial charge on any atom is 0.191 e. The molecule has 0 spiro atoms. The Balaban J connectivity index is 2.89. The monoisotopic (exact) mass is 191 g/mol. The molecule has 0 saturated carbocycles. The molecule has 0 bridgehead atoms. The molecule has 0 radical (unpaired) electrons. The Hall–Kier alpha value is -1.84. The summed E-state index contributed by atoms with van der Waals surface area (Å²) in [6, 6.07) is 7.21. The van der Waals surface area contributed by atoms with Crippen LogP contribution in [0.5, 0.6) is 0 Å². The number of aldehydes is 1. The normalized spacial score (nSPS) is 11.8. The van der Waals surface area contributed by atoms with Gasteiger partial charge in [-0.3, -0.25) is 0 Å². The summed E-state index contributed by atoms with van der Waals surface area (Å²) in [7, 11) is 0. The van der Waals surface area contributed by atoms with E-state index in [0.29, 0.717) is 5.69 Å². The predicted molar refractivity (Wildman–Crippen MR) is 56.4 cm³/mol. The lowest BCUT2D eigenvalue weighted by atomic mass is 10.0. The van der Waals surface area contributed by atoms with Gasteiger partial charge in [0, 0.05) is 5.92 Å². The lowest BCUT2D eigenvalue weighted by Gasteiger charge is -2.03. The minimum Gasteiger partial charge on any atom is -0.370 e. The number of rotatable bonds is 3. The first-order valence-electron chi connectivity index (χ1n) is 4.28. The molecule has 0 aliphatic rings. The highest BCUT2D eigenvalue weighted by Crippen LogP contribution is 2.17. The molecular formula is C10H13N3O. The topological polar surface area (TPSA) is 81.5 Å². The van der Waals surface area contributed by atoms with Crippen LogP contribution in [0.4, 0.5) is 5.69 Å². The van der Waals surface area contributed by atoms with Crippen molar-refractivity contribution in [1.29, 1.82) is 0 Å². The fraction of sp³-hybridized carbons (Fsp3) is 0.200. The fourth-order valence-corrected chi connectivity index (χ4v) is 1.08. The average molecular weight is 191 g/mol. The number of guanidine groups is 1. The second-order valence-corrected chi connectivity index (χ2v) is 3.05. The zero-order chi connectivity index (χ0) is 10.6. The Morgan fingerprint density at radius 3 is 2.36 bits per heavy atom. The highest BCUT2D eigenvalue weighted by atomic mass is 16.1. The van der Waals surface area contributed by atoms with E-state index in [2.05, 4.69) is 4.99 Å². The summed E-state index contributed by atoms with van der Waals surface area (Å²) in [4.78, 5) is 14.4. The van der Waals surface area contributed by atoms with Gasteiger partial charge in [-0.05, 0) is 17.7 Å². The largest absolute Gasteiger partial charge is 0.370 e. The van der Waals surface area contributed by atoms with E-state index in [1.807, 2.05) is 19.1 Å². The van der Waals surface area contributed by atoms with E-state index in [-0.39, 0.29) is 11.9 Å². The van der Waals surface area contributed by atoms with Gasteiger partial charge >= 0.3 is 0 Å². The number of hydrogen-bond acceptors (Lipinski definition) is 2. The number of nitrogens with two attached hydrogens (primary N) is 2. The molecule has 0 amide bonds. The molecule has 4 nitrogen and oxygen atoms in total. The SMILES string of the molecule is CC(C=O)c1ccc(N=C(N)N)cc1. The van der Waals surface area contributed by atoms with Gasteiger partial charge in [0.2, 0.25) is 0 Å². The number of benzene rings is 1. The van der Waals surface area contributed by atoms with Crippen molar-refractivity contribution < 1.29 is 4.79 Å². The van der Waals surface area contributed by atoms with Crippen LogP contribution in [-0.4, -0.2) is 12.2 Å². The van der Waals surface area contributed by atoms with Crippen LogP contribution in [0.2, 0.25) is 0 Å². The third kappa shape index (κ3) is 2.58. The predicted octanol–water partition coefficient (Wildman–Crippen LogP) is 0.894. The summed E-state index contributed by atoms with van der Waals surface area (Å²) in [6.07, 6.45) is 0.898. The van der Waals surface area contributed by atoms with E-state index >= 15 is 0 Å². The van der Waals surface area contributed by atoms with Crippen LogP contribution >= 0.6 is 0 Å². The third-order valence-electron chi connectivity index (χ3n) is 1.88. The standard InChI is InChI=1S/C10H13N3O/c1-7(6-14)8-2-4-9(5-3-8)13-10(11)12/h2-7H,1H3,(H4,11,12,13). The Morgan fingerprint density at radius 1 is 1.36 bits per heavy atom. The number of hydrogen-bond donors (Lipinski definition) is 2. The molecule has 1 atom stereocenters. The number of aliphatic imine (C=N–C) groups is 1. The van der Waals surface area contributed by atoms with Crippen LogP contribution in [0.3, 0.4) is 0 Å². The average Bonchev–Trinajstić information content (AvgIpc) is 2.17. The first-order valence-corrected chi connectivity index (χ1v) is 4.28. The molecule has 0 saturated heterocycles. The van der Waals surface area contributed by atoms with Gasteiger partial charge in [0.25, 0.3) is 0 Å². The van der Waals surface area contributed by atoms with Gasteiger partial charge in [-0.2, -0.15) is 0 Å². The summed E-state index contributed by atoms with van der Waals surface area (Å²) in [5.41, 5.74) is 12.1. The lowest BCUT2D eigenvalue weighted by molar-refractivity contribution is -0.108. The second kappa shape index (κ2) is 4.41. The number of carbonyl (C=O) groups excluding carboxylic acids is 1. The molecule has 74 valence electrons. The Labute approximate surface area is 82.6 Å². The zero-order valence-corrected chi connectivity index (χ0v) is 7.97. The van der Waals surface area contributed by atoms with Crippen molar-refractivity contribution in [2.75, 3.05) is 0 Å². The number of carbonyl (C=O) groups is 1. The van der Waals surface area contributed by atoms with E-state index in [4.69, 9.17) is 11.5 Å². The maximum absolute atomic E-state index is 10.5. The minimum absolute atomic E-state index is 0.0289. The van der Waals surface area contributed by atoms with Crippen molar-refractivity contribution in [2.45, 2.75) is 12.8 Å². The molecule has 14 heavy (non-hydrogen) atoms. The Morgan fingerprint density at radius 2 is 1.93 bits per heavy atom. The summed E-state index contributed by atoms with van der Waals surface area (Å²) in [5.74, 6) is -0.0653. The summed E-state index contributed by atoms with van der Waals surface area (Å²) in [5, 5.41) is 0. The molecule has 4 heteroatoms. The van der Waals surface area contributed by atoms with E-state index in [1.54, 1.807) is 12.1 Å². The molecule has 4 N–H and O–H groups in total. The summed E-state index contributed by atoms with van der Waals surface area (Å²) >= 11 is 0. The van der Waals surface area contributed by atoms with Crippen LogP contribution in [0.15, 0.2) is 29.3 Å². The molecular weight excluding hydrogens is 178 g/mol. The Kier molecular flexibility index (Phi) is 3.23. The fourth-order valence-electron chi connectivity index (χ4n) is 1.08. The molecule has 1 unspecified atom stereocenters. The van der Waals surface area contributed by atoms with Crippen LogP contribution in [0.25, 0.3) is 0 Å². The van der Waals surface area contributed by atoms with E-state index in [9.17, 15) is 4.79 Å². The van der Waals surface area contributed by atoms with E-state index in [0.717, 1.165) is 11.8 Å². The van der Waals surface area contributed by atoms with Crippen molar-refractivity contribution in [3.8, 4) is 0 Å². The van der Waals surface area contributed by atoms with Crippen molar-refractivity contribution in [1.82, 2.24) is 0 Å². The molecule has 0 fully saturated rings. The molecule has 0 aliphatic heterocycles. The van der Waals surface area contributed by atoms with Gasteiger partial charge in [0.15, 0.2) is 5.96 Å². The van der Waals surface area contributed by atoms with Crippen molar-refractivity contribution >= 4 is 17.9 Å². The van der Waals surface area contributed by atoms with Crippen molar-refractivity contribution in [3.05, 3.63) is 29.8 Å². The van der Waals surface area contributed by atoms with E-state index in [1.165, 1.54) is 0 Å². The van der Waals surface area contributed by atoms with Crippen LogP contribution < -0.4 is 11.5 Å². The van der Waals surface area contributed by atoms with Gasteiger partial charge in [-0.1, -0.05) is 19.1 Å². The maximum atomic E-state index is 10.5. The molecule has 1 rings (SSSR count). The first-order chi connectivity index (χ1) is 6.63. The summed E-state index contributed by atoms with van der Waals surface area (Å²) < 4.78 is 0. The first kappa shape index (κ1) is 10.2. The highest BCUT2D eigenvalue weighted by molar-refractivity contribution is 5.79. The highest BCUT2D eigenvalue weighted by Gasteiger charge is 2.02.